The second kappa shape index (κ2) is 9.77. The van der Waals surface area contributed by atoms with Crippen LogP contribution in [0.15, 0.2) is 48.5 Å². The number of nitrogens with one attached hydrogen (secondary N) is 1. The van der Waals surface area contributed by atoms with Gasteiger partial charge in [-0.05, 0) is 81.1 Å². The van der Waals surface area contributed by atoms with E-state index in [1.807, 2.05) is 6.07 Å². The zero-order valence-electron chi connectivity index (χ0n) is 15.7. The first-order valence-electron chi connectivity index (χ1n) is 9.54. The van der Waals surface area contributed by atoms with Gasteiger partial charge in [0.2, 0.25) is 0 Å². The summed E-state index contributed by atoms with van der Waals surface area (Å²) in [6.07, 6.45) is 3.59. The summed E-state index contributed by atoms with van der Waals surface area (Å²) in [6, 6.07) is 16.4. The second-order valence-electron chi connectivity index (χ2n) is 7.59. The molecule has 2 aromatic rings. The summed E-state index contributed by atoms with van der Waals surface area (Å²) >= 11 is 0. The summed E-state index contributed by atoms with van der Waals surface area (Å²) in [5.74, 6) is 1.00. The summed E-state index contributed by atoms with van der Waals surface area (Å²) in [5, 5.41) is 3.51. The molecule has 148 valence electrons. The number of fused-ring (bicyclic) bond motifs is 1. The van der Waals surface area contributed by atoms with Gasteiger partial charge in [0.1, 0.15) is 5.82 Å². The molecule has 27 heavy (non-hydrogen) atoms. The van der Waals surface area contributed by atoms with Crippen LogP contribution in [0.5, 0.6) is 0 Å². The fourth-order valence-electron chi connectivity index (χ4n) is 4.53. The van der Waals surface area contributed by atoms with Crippen LogP contribution in [0.3, 0.4) is 0 Å². The van der Waals surface area contributed by atoms with E-state index in [2.05, 4.69) is 47.5 Å². The Morgan fingerprint density at radius 1 is 1.04 bits per heavy atom. The number of rotatable bonds is 4. The number of piperidine rings is 1. The van der Waals surface area contributed by atoms with Gasteiger partial charge in [0.05, 0.1) is 0 Å². The SMILES string of the molecule is CC1Nc2ccc(F)cc2C1CCN1CCC(c2ccccc2)CC1.Cl.Cl. The molecule has 2 aliphatic heterocycles. The number of hydrogen-bond acceptors (Lipinski definition) is 2. The van der Waals surface area contributed by atoms with Crippen molar-refractivity contribution in [1.29, 1.82) is 0 Å². The topological polar surface area (TPSA) is 15.3 Å². The fraction of sp³-hybridized carbons (Fsp3) is 0.455. The summed E-state index contributed by atoms with van der Waals surface area (Å²) in [4.78, 5) is 2.59. The van der Waals surface area contributed by atoms with Crippen molar-refractivity contribution >= 4 is 30.5 Å². The first-order valence-corrected chi connectivity index (χ1v) is 9.54. The van der Waals surface area contributed by atoms with Crippen LogP contribution in [0.25, 0.3) is 0 Å². The molecule has 0 spiro atoms. The van der Waals surface area contributed by atoms with Gasteiger partial charge in [0.15, 0.2) is 0 Å². The molecule has 1 saturated heterocycles. The lowest BCUT2D eigenvalue weighted by Crippen LogP contribution is -2.35. The van der Waals surface area contributed by atoms with Crippen LogP contribution in [0, 0.1) is 5.82 Å². The van der Waals surface area contributed by atoms with Gasteiger partial charge < -0.3 is 10.2 Å². The minimum Gasteiger partial charge on any atom is -0.382 e. The van der Waals surface area contributed by atoms with E-state index < -0.39 is 0 Å². The Morgan fingerprint density at radius 3 is 2.44 bits per heavy atom. The Bertz CT molecular complexity index is 718. The van der Waals surface area contributed by atoms with E-state index in [9.17, 15) is 4.39 Å². The van der Waals surface area contributed by atoms with Crippen molar-refractivity contribution < 1.29 is 4.39 Å². The van der Waals surface area contributed by atoms with Crippen LogP contribution in [-0.4, -0.2) is 30.6 Å². The number of halogens is 3. The Kier molecular flexibility index (Phi) is 7.96. The monoisotopic (exact) mass is 410 g/mol. The van der Waals surface area contributed by atoms with Crippen molar-refractivity contribution in [3.05, 3.63) is 65.5 Å². The van der Waals surface area contributed by atoms with Crippen LogP contribution in [-0.2, 0) is 0 Å². The van der Waals surface area contributed by atoms with Crippen molar-refractivity contribution in [3.8, 4) is 0 Å². The molecular formula is C22H29Cl2FN2. The first kappa shape index (κ1) is 22.0. The zero-order valence-corrected chi connectivity index (χ0v) is 17.4. The highest BCUT2D eigenvalue weighted by atomic mass is 35.5. The normalized spacial score (nSPS) is 22.3. The van der Waals surface area contributed by atoms with Gasteiger partial charge in [-0.1, -0.05) is 30.3 Å². The zero-order chi connectivity index (χ0) is 17.2. The molecule has 0 aromatic heterocycles. The summed E-state index contributed by atoms with van der Waals surface area (Å²) in [6.45, 7) is 5.66. The second-order valence-corrected chi connectivity index (χ2v) is 7.59. The molecule has 0 bridgehead atoms. The average molecular weight is 411 g/mol. The molecule has 0 saturated carbocycles. The van der Waals surface area contributed by atoms with Gasteiger partial charge >= 0.3 is 0 Å². The van der Waals surface area contributed by atoms with Gasteiger partial charge in [0, 0.05) is 17.6 Å². The van der Waals surface area contributed by atoms with E-state index in [1.54, 1.807) is 12.1 Å². The molecule has 2 atom stereocenters. The lowest BCUT2D eigenvalue weighted by atomic mass is 9.88. The predicted octanol–water partition coefficient (Wildman–Crippen LogP) is 5.84. The Balaban J connectivity index is 0.00000131. The quantitative estimate of drug-likeness (QED) is 0.680. The molecule has 1 N–H and O–H groups in total. The largest absolute Gasteiger partial charge is 0.382 e. The van der Waals surface area contributed by atoms with Crippen LogP contribution >= 0.6 is 24.8 Å². The molecule has 2 nitrogen and oxygen atoms in total. The van der Waals surface area contributed by atoms with E-state index >= 15 is 0 Å². The molecule has 4 rings (SSSR count). The highest BCUT2D eigenvalue weighted by Crippen LogP contribution is 2.38. The maximum Gasteiger partial charge on any atom is 0.123 e. The maximum absolute atomic E-state index is 13.6. The van der Waals surface area contributed by atoms with Crippen LogP contribution in [0.2, 0.25) is 0 Å². The number of benzene rings is 2. The molecule has 2 aliphatic rings. The average Bonchev–Trinajstić information content (AvgIpc) is 2.96. The van der Waals surface area contributed by atoms with Gasteiger partial charge in [-0.15, -0.1) is 24.8 Å². The van der Waals surface area contributed by atoms with Crippen molar-refractivity contribution in [2.45, 2.75) is 44.1 Å². The highest BCUT2D eigenvalue weighted by molar-refractivity contribution is 5.85. The Hall–Kier alpha value is -1.29. The highest BCUT2D eigenvalue weighted by Gasteiger charge is 2.30. The van der Waals surface area contributed by atoms with Crippen LogP contribution in [0.4, 0.5) is 10.1 Å². The Labute approximate surface area is 174 Å². The Morgan fingerprint density at radius 2 is 1.74 bits per heavy atom. The first-order chi connectivity index (χ1) is 12.2. The summed E-state index contributed by atoms with van der Waals surface area (Å²) < 4.78 is 13.6. The molecule has 0 aliphatic carbocycles. The van der Waals surface area contributed by atoms with E-state index in [0.29, 0.717) is 17.9 Å². The van der Waals surface area contributed by atoms with Gasteiger partial charge in [-0.3, -0.25) is 0 Å². The number of nitrogens with zero attached hydrogens (tertiary/aromatic N) is 1. The van der Waals surface area contributed by atoms with E-state index in [4.69, 9.17) is 0 Å². The number of hydrogen-bond donors (Lipinski definition) is 1. The van der Waals surface area contributed by atoms with Crippen molar-refractivity contribution in [2.24, 2.45) is 0 Å². The van der Waals surface area contributed by atoms with E-state index in [-0.39, 0.29) is 30.6 Å². The fourth-order valence-corrected chi connectivity index (χ4v) is 4.53. The van der Waals surface area contributed by atoms with Crippen molar-refractivity contribution in [2.75, 3.05) is 25.0 Å². The number of likely N-dealkylation sites (tertiary alicyclic amines) is 1. The minimum absolute atomic E-state index is 0. The van der Waals surface area contributed by atoms with Gasteiger partial charge in [-0.25, -0.2) is 4.39 Å². The van der Waals surface area contributed by atoms with Crippen LogP contribution < -0.4 is 5.32 Å². The third-order valence-corrected chi connectivity index (χ3v) is 6.01. The van der Waals surface area contributed by atoms with E-state index in [0.717, 1.165) is 24.2 Å². The number of anilines is 1. The molecule has 5 heteroatoms. The lowest BCUT2D eigenvalue weighted by Gasteiger charge is -2.33. The minimum atomic E-state index is -0.122. The molecular weight excluding hydrogens is 382 g/mol. The molecule has 2 heterocycles. The van der Waals surface area contributed by atoms with Crippen molar-refractivity contribution in [1.82, 2.24) is 4.90 Å². The lowest BCUT2D eigenvalue weighted by molar-refractivity contribution is 0.204. The van der Waals surface area contributed by atoms with Crippen molar-refractivity contribution in [3.63, 3.8) is 0 Å². The maximum atomic E-state index is 13.6. The summed E-state index contributed by atoms with van der Waals surface area (Å²) in [5.41, 5.74) is 3.76. The van der Waals surface area contributed by atoms with E-state index in [1.165, 1.54) is 31.5 Å². The smallest absolute Gasteiger partial charge is 0.123 e. The molecule has 0 radical (unpaired) electrons. The van der Waals surface area contributed by atoms with Crippen LogP contribution in [0.1, 0.15) is 49.1 Å². The molecule has 2 aromatic carbocycles. The predicted molar refractivity (Wildman–Crippen MR) is 116 cm³/mol. The molecule has 0 amide bonds. The van der Waals surface area contributed by atoms with Gasteiger partial charge in [0.25, 0.3) is 0 Å². The molecule has 2 unspecified atom stereocenters. The third kappa shape index (κ3) is 4.96. The standard InChI is InChI=1S/C22H27FN2.2ClH/c1-16-20(21-15-19(23)7-8-22(21)24-16)11-14-25-12-9-18(10-13-25)17-5-3-2-4-6-17;;/h2-8,15-16,18,20,24H,9-14H2,1H3;2*1H. The third-order valence-electron chi connectivity index (χ3n) is 6.01. The van der Waals surface area contributed by atoms with Gasteiger partial charge in [-0.2, -0.15) is 0 Å². The molecule has 1 fully saturated rings. The summed E-state index contributed by atoms with van der Waals surface area (Å²) in [7, 11) is 0.